The van der Waals surface area contributed by atoms with Gasteiger partial charge < -0.3 is 5.32 Å². The summed E-state index contributed by atoms with van der Waals surface area (Å²) in [5, 5.41) is 13.7. The van der Waals surface area contributed by atoms with Gasteiger partial charge in [0.1, 0.15) is 5.41 Å². The molecule has 4 heteroatoms. The van der Waals surface area contributed by atoms with Crippen LogP contribution >= 0.6 is 15.9 Å². The summed E-state index contributed by atoms with van der Waals surface area (Å²) in [5.74, 6) is 0.310. The molecule has 1 fully saturated rings. The van der Waals surface area contributed by atoms with Crippen molar-refractivity contribution in [3.8, 4) is 6.07 Å². The second-order valence-electron chi connectivity index (χ2n) is 6.54. The fourth-order valence-corrected chi connectivity index (χ4v) is 4.11. The van der Waals surface area contributed by atoms with Crippen molar-refractivity contribution in [3.05, 3.63) is 63.9 Å². The van der Waals surface area contributed by atoms with E-state index in [-0.39, 0.29) is 0 Å². The van der Waals surface area contributed by atoms with Gasteiger partial charge in [-0.2, -0.15) is 5.26 Å². The topological polar surface area (TPSA) is 48.7 Å². The first-order valence-electron chi connectivity index (χ1n) is 8.45. The van der Waals surface area contributed by atoms with Crippen molar-refractivity contribution in [3.63, 3.8) is 0 Å². The van der Waals surface area contributed by atoms with Crippen LogP contribution < -0.4 is 5.32 Å². The van der Waals surface area contributed by atoms with E-state index in [0.717, 1.165) is 41.8 Å². The normalized spacial score (nSPS) is 17.9. The maximum Gasteiger partial charge on any atom is 0.106 e. The molecule has 3 nitrogen and oxygen atoms in total. The van der Waals surface area contributed by atoms with E-state index in [4.69, 9.17) is 4.98 Å². The van der Waals surface area contributed by atoms with Crippen LogP contribution in [0.25, 0.3) is 0 Å². The third kappa shape index (κ3) is 3.38. The summed E-state index contributed by atoms with van der Waals surface area (Å²) in [5.41, 5.74) is 2.46. The molecule has 0 aliphatic carbocycles. The Kier molecular flexibility index (Phi) is 5.33. The van der Waals surface area contributed by atoms with Gasteiger partial charge in [-0.25, -0.2) is 0 Å². The van der Waals surface area contributed by atoms with Crippen LogP contribution in [0.2, 0.25) is 0 Å². The standard InChI is InChI=1S/C20H22BrN3/c1-15-5-4-8-19(24-15)20(14-22,17-9-11-23-12-10-17)13-16-6-2-3-7-18(16)21/h2-8,17,23H,9-13H2,1H3. The summed E-state index contributed by atoms with van der Waals surface area (Å²) >= 11 is 3.65. The number of nitriles is 1. The minimum Gasteiger partial charge on any atom is -0.317 e. The van der Waals surface area contributed by atoms with Crippen molar-refractivity contribution in [2.75, 3.05) is 13.1 Å². The summed E-state index contributed by atoms with van der Waals surface area (Å²) in [7, 11) is 0. The van der Waals surface area contributed by atoms with E-state index in [1.807, 2.05) is 43.3 Å². The highest BCUT2D eigenvalue weighted by Crippen LogP contribution is 2.40. The van der Waals surface area contributed by atoms with Crippen molar-refractivity contribution in [1.82, 2.24) is 10.3 Å². The number of piperidine rings is 1. The fourth-order valence-electron chi connectivity index (χ4n) is 3.68. The first-order chi connectivity index (χ1) is 11.7. The van der Waals surface area contributed by atoms with Gasteiger partial charge in [0, 0.05) is 10.2 Å². The van der Waals surface area contributed by atoms with E-state index >= 15 is 0 Å². The monoisotopic (exact) mass is 383 g/mol. The Morgan fingerprint density at radius 3 is 2.62 bits per heavy atom. The van der Waals surface area contributed by atoms with Gasteiger partial charge in [0.2, 0.25) is 0 Å². The number of rotatable bonds is 4. The molecule has 0 radical (unpaired) electrons. The van der Waals surface area contributed by atoms with Crippen LogP contribution in [0, 0.1) is 24.2 Å². The van der Waals surface area contributed by atoms with Crippen LogP contribution in [0.5, 0.6) is 0 Å². The Morgan fingerprint density at radius 1 is 1.21 bits per heavy atom. The average Bonchev–Trinajstić information content (AvgIpc) is 2.62. The summed E-state index contributed by atoms with van der Waals surface area (Å²) < 4.78 is 1.06. The summed E-state index contributed by atoms with van der Waals surface area (Å²) in [6.45, 7) is 3.93. The SMILES string of the molecule is Cc1cccc(C(C#N)(Cc2ccccc2Br)C2CCNCC2)n1. The molecule has 0 spiro atoms. The second kappa shape index (κ2) is 7.46. The molecule has 0 bridgehead atoms. The van der Waals surface area contributed by atoms with E-state index in [0.29, 0.717) is 12.3 Å². The number of benzene rings is 1. The zero-order chi connectivity index (χ0) is 17.0. The highest BCUT2D eigenvalue weighted by atomic mass is 79.9. The Hall–Kier alpha value is -1.70. The molecule has 1 unspecified atom stereocenters. The van der Waals surface area contributed by atoms with E-state index < -0.39 is 5.41 Å². The third-order valence-corrected chi connectivity index (χ3v) is 5.78. The average molecular weight is 384 g/mol. The van der Waals surface area contributed by atoms with E-state index in [2.05, 4.69) is 33.4 Å². The molecule has 0 amide bonds. The van der Waals surface area contributed by atoms with Crippen LogP contribution in [-0.4, -0.2) is 18.1 Å². The van der Waals surface area contributed by atoms with Gasteiger partial charge in [-0.1, -0.05) is 40.2 Å². The Labute approximate surface area is 152 Å². The molecule has 1 saturated heterocycles. The van der Waals surface area contributed by atoms with Gasteiger partial charge in [-0.05, 0) is 69.0 Å². The van der Waals surface area contributed by atoms with E-state index in [9.17, 15) is 5.26 Å². The Balaban J connectivity index is 2.08. The quantitative estimate of drug-likeness (QED) is 0.861. The molecule has 1 N–H and O–H groups in total. The lowest BCUT2D eigenvalue weighted by atomic mass is 9.66. The number of pyridine rings is 1. The maximum atomic E-state index is 10.3. The molecule has 1 aliphatic rings. The molecule has 24 heavy (non-hydrogen) atoms. The maximum absolute atomic E-state index is 10.3. The van der Waals surface area contributed by atoms with Crippen LogP contribution in [0.3, 0.4) is 0 Å². The highest BCUT2D eigenvalue weighted by molar-refractivity contribution is 9.10. The van der Waals surface area contributed by atoms with Gasteiger partial charge >= 0.3 is 0 Å². The van der Waals surface area contributed by atoms with Gasteiger partial charge in [-0.15, -0.1) is 0 Å². The van der Waals surface area contributed by atoms with Crippen LogP contribution in [0.4, 0.5) is 0 Å². The van der Waals surface area contributed by atoms with Gasteiger partial charge in [0.05, 0.1) is 11.8 Å². The Bertz CT molecular complexity index is 747. The number of nitrogens with one attached hydrogen (secondary N) is 1. The van der Waals surface area contributed by atoms with Crippen molar-refractivity contribution < 1.29 is 0 Å². The number of aryl methyl sites for hydroxylation is 1. The summed E-state index contributed by atoms with van der Waals surface area (Å²) in [4.78, 5) is 4.76. The number of aromatic nitrogens is 1. The zero-order valence-electron chi connectivity index (χ0n) is 13.9. The lowest BCUT2D eigenvalue weighted by Gasteiger charge is -2.37. The highest BCUT2D eigenvalue weighted by Gasteiger charge is 2.43. The molecule has 1 atom stereocenters. The smallest absolute Gasteiger partial charge is 0.106 e. The van der Waals surface area contributed by atoms with Gasteiger partial charge in [0.25, 0.3) is 0 Å². The lowest BCUT2D eigenvalue weighted by molar-refractivity contribution is 0.255. The van der Waals surface area contributed by atoms with Crippen molar-refractivity contribution >= 4 is 15.9 Å². The summed E-state index contributed by atoms with van der Waals surface area (Å²) in [6.07, 6.45) is 2.70. The van der Waals surface area contributed by atoms with Crippen LogP contribution in [-0.2, 0) is 11.8 Å². The minimum atomic E-state index is -0.585. The molecule has 1 aromatic carbocycles. The van der Waals surface area contributed by atoms with Crippen LogP contribution in [0.15, 0.2) is 46.9 Å². The van der Waals surface area contributed by atoms with Gasteiger partial charge in [-0.3, -0.25) is 4.98 Å². The zero-order valence-corrected chi connectivity index (χ0v) is 15.5. The van der Waals surface area contributed by atoms with Crippen molar-refractivity contribution in [2.24, 2.45) is 5.92 Å². The lowest BCUT2D eigenvalue weighted by Crippen LogP contribution is -2.43. The number of hydrogen-bond acceptors (Lipinski definition) is 3. The summed E-state index contributed by atoms with van der Waals surface area (Å²) in [6, 6.07) is 16.9. The molecule has 2 heterocycles. The molecule has 3 rings (SSSR count). The van der Waals surface area contributed by atoms with Crippen molar-refractivity contribution in [2.45, 2.75) is 31.6 Å². The number of hydrogen-bond donors (Lipinski definition) is 1. The largest absolute Gasteiger partial charge is 0.317 e. The number of nitrogens with zero attached hydrogens (tertiary/aromatic N) is 2. The van der Waals surface area contributed by atoms with Gasteiger partial charge in [0.15, 0.2) is 0 Å². The number of halogens is 1. The molecule has 124 valence electrons. The predicted molar refractivity (Wildman–Crippen MR) is 99.7 cm³/mol. The molecule has 1 aromatic heterocycles. The first kappa shape index (κ1) is 17.1. The second-order valence-corrected chi connectivity index (χ2v) is 7.39. The third-order valence-electron chi connectivity index (χ3n) is 5.01. The Morgan fingerprint density at radius 2 is 1.96 bits per heavy atom. The molecule has 0 saturated carbocycles. The van der Waals surface area contributed by atoms with E-state index in [1.165, 1.54) is 5.56 Å². The fraction of sp³-hybridized carbons (Fsp3) is 0.400. The molecular weight excluding hydrogens is 362 g/mol. The first-order valence-corrected chi connectivity index (χ1v) is 9.24. The van der Waals surface area contributed by atoms with E-state index in [1.54, 1.807) is 0 Å². The van der Waals surface area contributed by atoms with Crippen molar-refractivity contribution in [1.29, 1.82) is 5.26 Å². The molecular formula is C20H22BrN3. The minimum absolute atomic E-state index is 0.310. The van der Waals surface area contributed by atoms with Crippen LogP contribution in [0.1, 0.15) is 29.8 Å². The predicted octanol–water partition coefficient (Wildman–Crippen LogP) is 4.16. The molecule has 1 aliphatic heterocycles. The molecule has 2 aromatic rings.